The number of amides is 1. The Hall–Kier alpha value is -2.49. The molecule has 0 aliphatic rings. The van der Waals surface area contributed by atoms with Crippen molar-refractivity contribution in [3.63, 3.8) is 0 Å². The average molecular weight is 256 g/mol. The van der Waals surface area contributed by atoms with E-state index >= 15 is 0 Å². The first-order valence-electron chi connectivity index (χ1n) is 6.03. The number of hydrogen-bond donors (Lipinski definition) is 2. The molecule has 4 heteroatoms. The molecule has 0 spiro atoms. The number of rotatable bonds is 5. The molecular formula is C15H16N2O2. The molecule has 0 unspecified atom stereocenters. The van der Waals surface area contributed by atoms with Crippen molar-refractivity contribution >= 4 is 11.6 Å². The number of carbonyl (C=O) groups excluding carboxylic acids is 1. The summed E-state index contributed by atoms with van der Waals surface area (Å²) in [4.78, 5) is 11.6. The minimum Gasteiger partial charge on any atom is -0.484 e. The summed E-state index contributed by atoms with van der Waals surface area (Å²) in [6.07, 6.45) is 0. The number of nitrogens with two attached hydrogens (primary N) is 1. The normalized spacial score (nSPS) is 9.89. The SMILES string of the molecule is Nc1ccc(OCC(=O)NCc2ccccc2)cc1. The van der Waals surface area contributed by atoms with E-state index in [4.69, 9.17) is 10.5 Å². The van der Waals surface area contributed by atoms with E-state index < -0.39 is 0 Å². The summed E-state index contributed by atoms with van der Waals surface area (Å²) < 4.78 is 5.34. The summed E-state index contributed by atoms with van der Waals surface area (Å²) in [6.45, 7) is 0.502. The fourth-order valence-corrected chi connectivity index (χ4v) is 1.56. The molecule has 0 aliphatic carbocycles. The molecule has 1 amide bonds. The lowest BCUT2D eigenvalue weighted by Crippen LogP contribution is -2.28. The molecule has 0 aliphatic heterocycles. The third-order valence-electron chi connectivity index (χ3n) is 2.58. The smallest absolute Gasteiger partial charge is 0.258 e. The molecule has 0 aromatic heterocycles. The quantitative estimate of drug-likeness (QED) is 0.804. The van der Waals surface area contributed by atoms with E-state index in [0.29, 0.717) is 18.0 Å². The summed E-state index contributed by atoms with van der Waals surface area (Å²) in [5, 5.41) is 2.79. The van der Waals surface area contributed by atoms with Gasteiger partial charge in [-0.1, -0.05) is 30.3 Å². The highest BCUT2D eigenvalue weighted by atomic mass is 16.5. The number of ether oxygens (including phenoxy) is 1. The van der Waals surface area contributed by atoms with Crippen LogP contribution in [0.5, 0.6) is 5.75 Å². The minimum atomic E-state index is -0.152. The van der Waals surface area contributed by atoms with Gasteiger partial charge in [-0.2, -0.15) is 0 Å². The van der Waals surface area contributed by atoms with Gasteiger partial charge in [-0.05, 0) is 29.8 Å². The molecule has 0 fully saturated rings. The van der Waals surface area contributed by atoms with Crippen LogP contribution in [0.15, 0.2) is 54.6 Å². The van der Waals surface area contributed by atoms with Crippen molar-refractivity contribution in [1.82, 2.24) is 5.32 Å². The van der Waals surface area contributed by atoms with E-state index in [-0.39, 0.29) is 12.5 Å². The summed E-state index contributed by atoms with van der Waals surface area (Å²) in [6, 6.07) is 16.7. The van der Waals surface area contributed by atoms with E-state index in [9.17, 15) is 4.79 Å². The topological polar surface area (TPSA) is 64.3 Å². The van der Waals surface area contributed by atoms with Gasteiger partial charge in [-0.25, -0.2) is 0 Å². The van der Waals surface area contributed by atoms with Gasteiger partial charge >= 0.3 is 0 Å². The highest BCUT2D eigenvalue weighted by Gasteiger charge is 2.02. The molecule has 4 nitrogen and oxygen atoms in total. The van der Waals surface area contributed by atoms with Crippen LogP contribution in [0.25, 0.3) is 0 Å². The third kappa shape index (κ3) is 4.35. The van der Waals surface area contributed by atoms with Crippen molar-refractivity contribution < 1.29 is 9.53 Å². The van der Waals surface area contributed by atoms with E-state index in [1.54, 1.807) is 24.3 Å². The van der Waals surface area contributed by atoms with Crippen molar-refractivity contribution in [3.8, 4) is 5.75 Å². The van der Waals surface area contributed by atoms with Gasteiger partial charge in [0.2, 0.25) is 0 Å². The second-order valence-corrected chi connectivity index (χ2v) is 4.12. The van der Waals surface area contributed by atoms with Crippen LogP contribution in [0.4, 0.5) is 5.69 Å². The zero-order chi connectivity index (χ0) is 13.5. The molecule has 0 bridgehead atoms. The lowest BCUT2D eigenvalue weighted by molar-refractivity contribution is -0.123. The Kier molecular flexibility index (Phi) is 4.39. The Morgan fingerprint density at radius 3 is 2.42 bits per heavy atom. The maximum atomic E-state index is 11.6. The van der Waals surface area contributed by atoms with Crippen LogP contribution in [0.1, 0.15) is 5.56 Å². The van der Waals surface area contributed by atoms with Gasteiger partial charge in [0.05, 0.1) is 0 Å². The number of nitrogens with one attached hydrogen (secondary N) is 1. The summed E-state index contributed by atoms with van der Waals surface area (Å²) >= 11 is 0. The molecule has 2 aromatic carbocycles. The van der Waals surface area contributed by atoms with Crippen LogP contribution in [0.3, 0.4) is 0 Å². The fraction of sp³-hybridized carbons (Fsp3) is 0.133. The molecule has 0 saturated heterocycles. The molecule has 2 rings (SSSR count). The maximum Gasteiger partial charge on any atom is 0.258 e. The molecule has 0 atom stereocenters. The first-order valence-corrected chi connectivity index (χ1v) is 6.03. The van der Waals surface area contributed by atoms with Gasteiger partial charge in [0.15, 0.2) is 6.61 Å². The standard InChI is InChI=1S/C15H16N2O2/c16-13-6-8-14(9-7-13)19-11-15(18)17-10-12-4-2-1-3-5-12/h1-9H,10-11,16H2,(H,17,18). The molecular weight excluding hydrogens is 240 g/mol. The molecule has 2 aromatic rings. The van der Waals surface area contributed by atoms with E-state index in [2.05, 4.69) is 5.32 Å². The predicted molar refractivity (Wildman–Crippen MR) is 74.6 cm³/mol. The lowest BCUT2D eigenvalue weighted by Gasteiger charge is -2.07. The first-order chi connectivity index (χ1) is 9.24. The Balaban J connectivity index is 1.74. The van der Waals surface area contributed by atoms with Crippen LogP contribution in [0, 0.1) is 0 Å². The molecule has 98 valence electrons. The largest absolute Gasteiger partial charge is 0.484 e. The van der Waals surface area contributed by atoms with Crippen molar-refractivity contribution in [2.45, 2.75) is 6.54 Å². The highest BCUT2D eigenvalue weighted by Crippen LogP contribution is 2.12. The number of benzene rings is 2. The van der Waals surface area contributed by atoms with Gasteiger partial charge in [-0.15, -0.1) is 0 Å². The second-order valence-electron chi connectivity index (χ2n) is 4.12. The molecule has 19 heavy (non-hydrogen) atoms. The van der Waals surface area contributed by atoms with Crippen molar-refractivity contribution in [2.75, 3.05) is 12.3 Å². The van der Waals surface area contributed by atoms with Crippen LogP contribution in [-0.4, -0.2) is 12.5 Å². The Bertz CT molecular complexity index is 524. The van der Waals surface area contributed by atoms with E-state index in [1.165, 1.54) is 0 Å². The number of hydrogen-bond acceptors (Lipinski definition) is 3. The van der Waals surface area contributed by atoms with Gasteiger partial charge in [0.1, 0.15) is 5.75 Å². The first kappa shape index (κ1) is 13.0. The van der Waals surface area contributed by atoms with Crippen molar-refractivity contribution in [3.05, 3.63) is 60.2 Å². The summed E-state index contributed by atoms with van der Waals surface area (Å²) in [7, 11) is 0. The van der Waals surface area contributed by atoms with Gasteiger partial charge in [0, 0.05) is 12.2 Å². The van der Waals surface area contributed by atoms with Crippen LogP contribution >= 0.6 is 0 Å². The summed E-state index contributed by atoms with van der Waals surface area (Å²) in [5.41, 5.74) is 7.29. The number of carbonyl (C=O) groups is 1. The molecule has 0 radical (unpaired) electrons. The second kappa shape index (κ2) is 6.44. The van der Waals surface area contributed by atoms with Gasteiger partial charge < -0.3 is 15.8 Å². The van der Waals surface area contributed by atoms with Crippen molar-refractivity contribution in [2.24, 2.45) is 0 Å². The lowest BCUT2D eigenvalue weighted by atomic mass is 10.2. The van der Waals surface area contributed by atoms with Crippen LogP contribution < -0.4 is 15.8 Å². The zero-order valence-electron chi connectivity index (χ0n) is 10.5. The van der Waals surface area contributed by atoms with Crippen LogP contribution in [-0.2, 0) is 11.3 Å². The Morgan fingerprint density at radius 1 is 1.05 bits per heavy atom. The Morgan fingerprint density at radius 2 is 1.74 bits per heavy atom. The monoisotopic (exact) mass is 256 g/mol. The van der Waals surface area contributed by atoms with Crippen molar-refractivity contribution in [1.29, 1.82) is 0 Å². The molecule has 0 saturated carbocycles. The molecule has 3 N–H and O–H groups in total. The maximum absolute atomic E-state index is 11.6. The third-order valence-corrected chi connectivity index (χ3v) is 2.58. The highest BCUT2D eigenvalue weighted by molar-refractivity contribution is 5.77. The fourth-order valence-electron chi connectivity index (χ4n) is 1.56. The number of anilines is 1. The summed E-state index contributed by atoms with van der Waals surface area (Å²) in [5.74, 6) is 0.477. The number of nitrogen functional groups attached to an aromatic ring is 1. The van der Waals surface area contributed by atoms with Crippen LogP contribution in [0.2, 0.25) is 0 Å². The predicted octanol–water partition coefficient (Wildman–Crippen LogP) is 1.96. The average Bonchev–Trinajstić information content (AvgIpc) is 2.45. The Labute approximate surface area is 112 Å². The van der Waals surface area contributed by atoms with E-state index in [1.807, 2.05) is 30.3 Å². The van der Waals surface area contributed by atoms with E-state index in [0.717, 1.165) is 5.56 Å². The molecule has 0 heterocycles. The zero-order valence-corrected chi connectivity index (χ0v) is 10.5. The minimum absolute atomic E-state index is 0.00322. The van der Waals surface area contributed by atoms with Gasteiger partial charge in [0.25, 0.3) is 5.91 Å². The van der Waals surface area contributed by atoms with Gasteiger partial charge in [-0.3, -0.25) is 4.79 Å².